The van der Waals surface area contributed by atoms with Crippen molar-refractivity contribution in [2.75, 3.05) is 0 Å². The van der Waals surface area contributed by atoms with E-state index >= 15 is 0 Å². The molecule has 0 unspecified atom stereocenters. The Labute approximate surface area is 61.8 Å². The summed E-state index contributed by atoms with van der Waals surface area (Å²) in [7, 11) is 0. The molecule has 0 aliphatic carbocycles. The van der Waals surface area contributed by atoms with E-state index in [1.54, 1.807) is 0 Å². The zero-order valence-electron chi connectivity index (χ0n) is 6.02. The minimum atomic E-state index is 0.886. The van der Waals surface area contributed by atoms with E-state index in [0.717, 1.165) is 19.1 Å². The summed E-state index contributed by atoms with van der Waals surface area (Å²) in [6.45, 7) is 2.07. The molecule has 0 fully saturated rings. The topological polar surface area (TPSA) is 20.2 Å². The van der Waals surface area contributed by atoms with E-state index in [1.807, 2.05) is 0 Å². The zero-order chi connectivity index (χ0) is 7.66. The van der Waals surface area contributed by atoms with E-state index in [0.29, 0.717) is 0 Å². The Morgan fingerprint density at radius 3 is 2.80 bits per heavy atom. The van der Waals surface area contributed by atoms with Crippen LogP contribution in [0.4, 0.5) is 0 Å². The highest BCUT2D eigenvalue weighted by atomic mass is 16.2. The molecular formula is C9H10O. The van der Waals surface area contributed by atoms with E-state index in [4.69, 9.17) is 5.11 Å². The van der Waals surface area contributed by atoms with Gasteiger partial charge in [-0.3, -0.25) is 0 Å². The van der Waals surface area contributed by atoms with Crippen LogP contribution in [0.5, 0.6) is 0 Å². The average molecular weight is 134 g/mol. The maximum absolute atomic E-state index is 8.14. The summed E-state index contributed by atoms with van der Waals surface area (Å²) >= 11 is 0. The molecule has 1 N–H and O–H groups in total. The normalized spacial score (nSPS) is 7.70. The molecule has 0 aromatic heterocycles. The van der Waals surface area contributed by atoms with Crippen LogP contribution in [-0.2, 0) is 0 Å². The third kappa shape index (κ3) is 6.66. The fraction of sp³-hybridized carbons (Fsp3) is 0.333. The van der Waals surface area contributed by atoms with Crippen LogP contribution in [0.1, 0.15) is 19.8 Å². The van der Waals surface area contributed by atoms with Crippen LogP contribution < -0.4 is 0 Å². The molecule has 0 bridgehead atoms. The molecule has 1 heteroatoms. The highest BCUT2D eigenvalue weighted by Gasteiger charge is 1.65. The van der Waals surface area contributed by atoms with Crippen LogP contribution >= 0.6 is 0 Å². The largest absolute Gasteiger partial charge is 0.515 e. The number of hydrogen-bond donors (Lipinski definition) is 1. The quantitative estimate of drug-likeness (QED) is 0.428. The van der Waals surface area contributed by atoms with E-state index < -0.39 is 0 Å². The fourth-order valence-corrected chi connectivity index (χ4v) is 0.347. The van der Waals surface area contributed by atoms with Gasteiger partial charge in [0, 0.05) is 12.5 Å². The highest BCUT2D eigenvalue weighted by molar-refractivity contribution is 5.30. The van der Waals surface area contributed by atoms with E-state index in [-0.39, 0.29) is 0 Å². The molecule has 0 saturated heterocycles. The van der Waals surface area contributed by atoms with Gasteiger partial charge < -0.3 is 5.11 Å². The minimum Gasteiger partial charge on any atom is -0.515 e. The number of aliphatic hydroxyl groups excluding tert-OH is 1. The molecule has 0 aliphatic rings. The summed E-state index contributed by atoms with van der Waals surface area (Å²) in [5.41, 5.74) is 0. The van der Waals surface area contributed by atoms with Gasteiger partial charge >= 0.3 is 0 Å². The molecule has 0 aromatic carbocycles. The van der Waals surface area contributed by atoms with Gasteiger partial charge in [-0.1, -0.05) is 18.8 Å². The van der Waals surface area contributed by atoms with Crippen molar-refractivity contribution >= 4 is 0 Å². The lowest BCUT2D eigenvalue weighted by Gasteiger charge is -1.72. The van der Waals surface area contributed by atoms with Gasteiger partial charge in [-0.15, -0.1) is 0 Å². The van der Waals surface area contributed by atoms with Gasteiger partial charge in [-0.05, 0) is 18.3 Å². The van der Waals surface area contributed by atoms with Gasteiger partial charge in [-0.25, -0.2) is 0 Å². The summed E-state index contributed by atoms with van der Waals surface area (Å²) < 4.78 is 0. The van der Waals surface area contributed by atoms with E-state index in [2.05, 4.69) is 30.6 Å². The number of allylic oxidation sites excluding steroid dienone is 1. The molecule has 0 aromatic rings. The fourth-order valence-electron chi connectivity index (χ4n) is 0.347. The smallest absolute Gasteiger partial charge is 0.0875 e. The molecule has 0 saturated carbocycles. The first-order valence-corrected chi connectivity index (χ1v) is 3.19. The van der Waals surface area contributed by atoms with Gasteiger partial charge in [0.25, 0.3) is 0 Å². The average Bonchev–Trinajstić information content (AvgIpc) is 1.97. The predicted molar refractivity (Wildman–Crippen MR) is 42.2 cm³/mol. The SMILES string of the molecule is CCCC#CC#CC=CO. The molecule has 0 rings (SSSR count). The molecule has 0 radical (unpaired) electrons. The van der Waals surface area contributed by atoms with Crippen molar-refractivity contribution in [3.05, 3.63) is 12.3 Å². The number of aliphatic hydroxyl groups is 1. The molecule has 52 valence electrons. The zero-order valence-corrected chi connectivity index (χ0v) is 6.02. The monoisotopic (exact) mass is 134 g/mol. The van der Waals surface area contributed by atoms with Crippen LogP contribution in [0.2, 0.25) is 0 Å². The van der Waals surface area contributed by atoms with Gasteiger partial charge in [-0.2, -0.15) is 0 Å². The standard InChI is InChI=1S/C9H10O/c1-2-3-4-5-6-7-8-9-10/h8-10H,2-3H2,1H3. The summed E-state index contributed by atoms with van der Waals surface area (Å²) in [5.74, 6) is 10.6. The van der Waals surface area contributed by atoms with Crippen molar-refractivity contribution in [3.63, 3.8) is 0 Å². The number of rotatable bonds is 1. The van der Waals surface area contributed by atoms with Crippen molar-refractivity contribution in [2.45, 2.75) is 19.8 Å². The van der Waals surface area contributed by atoms with Crippen LogP contribution in [0.3, 0.4) is 0 Å². The van der Waals surface area contributed by atoms with E-state index in [1.165, 1.54) is 6.08 Å². The van der Waals surface area contributed by atoms with Crippen molar-refractivity contribution in [2.24, 2.45) is 0 Å². The second-order valence-corrected chi connectivity index (χ2v) is 1.64. The molecule has 1 nitrogen and oxygen atoms in total. The van der Waals surface area contributed by atoms with Crippen molar-refractivity contribution in [1.82, 2.24) is 0 Å². The molecule has 0 heterocycles. The van der Waals surface area contributed by atoms with Gasteiger partial charge in [0.1, 0.15) is 0 Å². The van der Waals surface area contributed by atoms with Crippen LogP contribution in [0.25, 0.3) is 0 Å². The van der Waals surface area contributed by atoms with Gasteiger partial charge in [0.15, 0.2) is 0 Å². The summed E-state index contributed by atoms with van der Waals surface area (Å²) in [5, 5.41) is 8.14. The Bertz CT molecular complexity index is 204. The lowest BCUT2D eigenvalue weighted by molar-refractivity contribution is 0.474. The van der Waals surface area contributed by atoms with E-state index in [9.17, 15) is 0 Å². The third-order valence-electron chi connectivity index (χ3n) is 0.756. The molecule has 0 spiro atoms. The second-order valence-electron chi connectivity index (χ2n) is 1.64. The first-order chi connectivity index (χ1) is 4.91. The van der Waals surface area contributed by atoms with Crippen molar-refractivity contribution in [3.8, 4) is 23.7 Å². The molecule has 0 amide bonds. The van der Waals surface area contributed by atoms with Crippen LogP contribution in [0.15, 0.2) is 12.3 Å². The van der Waals surface area contributed by atoms with Gasteiger partial charge in [0.05, 0.1) is 6.26 Å². The Hall–Kier alpha value is -1.34. The Balaban J connectivity index is 3.56. The first-order valence-electron chi connectivity index (χ1n) is 3.19. The minimum absolute atomic E-state index is 0.886. The second kappa shape index (κ2) is 7.66. The number of unbranched alkanes of at least 4 members (excludes halogenated alkanes) is 1. The Morgan fingerprint density at radius 1 is 1.40 bits per heavy atom. The maximum atomic E-state index is 8.14. The molecular weight excluding hydrogens is 124 g/mol. The predicted octanol–water partition coefficient (Wildman–Crippen LogP) is 1.86. The van der Waals surface area contributed by atoms with Crippen LogP contribution in [0, 0.1) is 23.7 Å². The highest BCUT2D eigenvalue weighted by Crippen LogP contribution is 1.79. The van der Waals surface area contributed by atoms with Crippen molar-refractivity contribution in [1.29, 1.82) is 0 Å². The Morgan fingerprint density at radius 2 is 2.20 bits per heavy atom. The molecule has 10 heavy (non-hydrogen) atoms. The van der Waals surface area contributed by atoms with Crippen LogP contribution in [-0.4, -0.2) is 5.11 Å². The summed E-state index contributed by atoms with van der Waals surface area (Å²) in [4.78, 5) is 0. The summed E-state index contributed by atoms with van der Waals surface area (Å²) in [6.07, 6.45) is 4.19. The molecule has 0 aliphatic heterocycles. The lowest BCUT2D eigenvalue weighted by Crippen LogP contribution is -1.59. The molecule has 0 atom stereocenters. The maximum Gasteiger partial charge on any atom is 0.0875 e. The third-order valence-corrected chi connectivity index (χ3v) is 0.756. The lowest BCUT2D eigenvalue weighted by atomic mass is 10.3. The Kier molecular flexibility index (Phi) is 6.63. The van der Waals surface area contributed by atoms with Gasteiger partial charge in [0.2, 0.25) is 0 Å². The summed E-state index contributed by atoms with van der Waals surface area (Å²) in [6, 6.07) is 0. The van der Waals surface area contributed by atoms with Crippen molar-refractivity contribution < 1.29 is 5.11 Å². The first kappa shape index (κ1) is 8.66. The number of hydrogen-bond acceptors (Lipinski definition) is 1.